The molecule has 1 aliphatic heterocycles. The highest BCUT2D eigenvalue weighted by Gasteiger charge is 2.34. The van der Waals surface area contributed by atoms with E-state index in [0.717, 1.165) is 0 Å². The highest BCUT2D eigenvalue weighted by atomic mass is 35.5. The van der Waals surface area contributed by atoms with Gasteiger partial charge in [0.1, 0.15) is 12.1 Å². The van der Waals surface area contributed by atoms with Crippen molar-refractivity contribution in [1.82, 2.24) is 14.0 Å². The van der Waals surface area contributed by atoms with Gasteiger partial charge in [0.05, 0.1) is 12.1 Å². The van der Waals surface area contributed by atoms with E-state index in [1.807, 2.05) is 0 Å². The minimum Gasteiger partial charge on any atom is -0.474 e. The molecule has 1 aromatic heterocycles. The normalized spacial score (nSPS) is 17.9. The lowest BCUT2D eigenvalue weighted by molar-refractivity contribution is -0.143. The Morgan fingerprint density at radius 1 is 1.35 bits per heavy atom. The Labute approximate surface area is 159 Å². The Morgan fingerprint density at radius 3 is 2.50 bits per heavy atom. The van der Waals surface area contributed by atoms with Crippen molar-refractivity contribution in [2.24, 2.45) is 5.92 Å². The van der Waals surface area contributed by atoms with Crippen LogP contribution in [0.4, 0.5) is 0 Å². The fourth-order valence-corrected chi connectivity index (χ4v) is 4.25. The van der Waals surface area contributed by atoms with Crippen LogP contribution in [0.25, 0.3) is 0 Å². The summed E-state index contributed by atoms with van der Waals surface area (Å²) in [5.41, 5.74) is 0. The Balaban J connectivity index is 1.92. The van der Waals surface area contributed by atoms with Gasteiger partial charge < -0.3 is 9.47 Å². The maximum absolute atomic E-state index is 12.6. The fraction of sp³-hybridized carbons (Fsp3) is 0.625. The van der Waals surface area contributed by atoms with Gasteiger partial charge in [-0.05, 0) is 24.8 Å². The highest BCUT2D eigenvalue weighted by molar-refractivity contribution is 7.87. The van der Waals surface area contributed by atoms with Crippen molar-refractivity contribution in [3.8, 4) is 5.88 Å². The second-order valence-corrected chi connectivity index (χ2v) is 8.54. The minimum atomic E-state index is -3.79. The molecule has 0 amide bonds. The van der Waals surface area contributed by atoms with Gasteiger partial charge in [0.25, 0.3) is 10.2 Å². The molecule has 0 spiro atoms. The first-order valence-corrected chi connectivity index (χ1v) is 10.2. The Hall–Kier alpha value is -1.42. The average molecular weight is 406 g/mol. The Bertz CT molecular complexity index is 703. The van der Waals surface area contributed by atoms with Crippen LogP contribution in [-0.4, -0.2) is 56.0 Å². The van der Waals surface area contributed by atoms with Gasteiger partial charge in [-0.25, -0.2) is 4.98 Å². The molecule has 0 unspecified atom stereocenters. The van der Waals surface area contributed by atoms with Crippen molar-refractivity contribution < 1.29 is 22.7 Å². The third-order valence-electron chi connectivity index (χ3n) is 4.13. The number of esters is 1. The number of carbonyl (C=O) groups excluding carboxylic acids is 1. The average Bonchev–Trinajstić information content (AvgIpc) is 2.61. The second kappa shape index (κ2) is 8.98. The van der Waals surface area contributed by atoms with Gasteiger partial charge >= 0.3 is 5.97 Å². The largest absolute Gasteiger partial charge is 0.474 e. The summed E-state index contributed by atoms with van der Waals surface area (Å²) in [4.78, 5) is 15.9. The molecule has 2 rings (SSSR count). The van der Waals surface area contributed by atoms with Crippen molar-refractivity contribution in [3.05, 3.63) is 23.4 Å². The molecule has 1 N–H and O–H groups in total. The van der Waals surface area contributed by atoms with Crippen molar-refractivity contribution in [2.45, 2.75) is 38.8 Å². The first kappa shape index (κ1) is 20.9. The molecule has 1 fully saturated rings. The number of hydrogen-bond acceptors (Lipinski definition) is 6. The quantitative estimate of drug-likeness (QED) is 0.692. The molecule has 1 saturated heterocycles. The fourth-order valence-electron chi connectivity index (χ4n) is 2.61. The number of carbonyl (C=O) groups is 1. The first-order valence-electron chi connectivity index (χ1n) is 8.36. The topological polar surface area (TPSA) is 97.8 Å². The van der Waals surface area contributed by atoms with Crippen LogP contribution < -0.4 is 9.46 Å². The molecule has 10 heteroatoms. The summed E-state index contributed by atoms with van der Waals surface area (Å²) < 4.78 is 39.3. The van der Waals surface area contributed by atoms with E-state index in [2.05, 4.69) is 14.4 Å². The third kappa shape index (κ3) is 5.54. The number of nitrogens with zero attached hydrogens (tertiary/aromatic N) is 2. The molecule has 1 atom stereocenters. The second-order valence-electron chi connectivity index (χ2n) is 6.40. The van der Waals surface area contributed by atoms with Crippen LogP contribution in [0.1, 0.15) is 26.7 Å². The summed E-state index contributed by atoms with van der Waals surface area (Å²) in [6, 6.07) is 2.44. The van der Waals surface area contributed by atoms with Crippen LogP contribution in [0, 0.1) is 5.92 Å². The SMILES string of the molecule is COC(=O)[C@H](NS(=O)(=O)N1CCC(Oc2ccc(Cl)cn2)CC1)C(C)C. The van der Waals surface area contributed by atoms with E-state index in [1.54, 1.807) is 26.0 Å². The number of methoxy groups -OCH3 is 1. The predicted octanol–water partition coefficient (Wildman–Crippen LogP) is 1.61. The molecule has 1 aromatic rings. The van der Waals surface area contributed by atoms with E-state index >= 15 is 0 Å². The maximum Gasteiger partial charge on any atom is 0.324 e. The summed E-state index contributed by atoms with van der Waals surface area (Å²) in [6.45, 7) is 4.09. The molecular formula is C16H24ClN3O5S. The lowest BCUT2D eigenvalue weighted by atomic mass is 10.1. The number of rotatable bonds is 7. The van der Waals surface area contributed by atoms with Gasteiger partial charge in [0, 0.05) is 25.4 Å². The number of aromatic nitrogens is 1. The number of ether oxygens (including phenoxy) is 2. The van der Waals surface area contributed by atoms with E-state index in [-0.39, 0.29) is 12.0 Å². The third-order valence-corrected chi connectivity index (χ3v) is 5.95. The molecule has 146 valence electrons. The molecular weight excluding hydrogens is 382 g/mol. The van der Waals surface area contributed by atoms with E-state index in [4.69, 9.17) is 16.3 Å². The molecule has 0 aromatic carbocycles. The molecule has 0 radical (unpaired) electrons. The van der Waals surface area contributed by atoms with Gasteiger partial charge in [0.15, 0.2) is 0 Å². The number of halogens is 1. The number of nitrogens with one attached hydrogen (secondary N) is 1. The molecule has 0 bridgehead atoms. The molecule has 26 heavy (non-hydrogen) atoms. The lowest BCUT2D eigenvalue weighted by Crippen LogP contribution is -2.53. The van der Waals surface area contributed by atoms with Crippen LogP contribution in [0.15, 0.2) is 18.3 Å². The zero-order valence-electron chi connectivity index (χ0n) is 15.0. The van der Waals surface area contributed by atoms with E-state index in [9.17, 15) is 13.2 Å². The standard InChI is InChI=1S/C16H24ClN3O5S/c1-11(2)15(16(21)24-3)19-26(22,23)20-8-6-13(7-9-20)25-14-5-4-12(17)10-18-14/h4-5,10-11,13,15,19H,6-9H2,1-3H3/t15-/m1/s1. The number of pyridine rings is 1. The zero-order valence-corrected chi connectivity index (χ0v) is 16.6. The number of hydrogen-bond donors (Lipinski definition) is 1. The summed E-state index contributed by atoms with van der Waals surface area (Å²) in [7, 11) is -2.55. The lowest BCUT2D eigenvalue weighted by Gasteiger charge is -2.32. The van der Waals surface area contributed by atoms with E-state index < -0.39 is 22.2 Å². The van der Waals surface area contributed by atoms with Crippen LogP contribution in [0.2, 0.25) is 5.02 Å². The van der Waals surface area contributed by atoms with Crippen LogP contribution in [0.5, 0.6) is 5.88 Å². The molecule has 8 nitrogen and oxygen atoms in total. The summed E-state index contributed by atoms with van der Waals surface area (Å²) in [5, 5.41) is 0.523. The molecule has 0 saturated carbocycles. The summed E-state index contributed by atoms with van der Waals surface area (Å²) in [6.07, 6.45) is 2.42. The van der Waals surface area contributed by atoms with E-state index in [1.165, 1.54) is 17.6 Å². The predicted molar refractivity (Wildman–Crippen MR) is 97.2 cm³/mol. The van der Waals surface area contributed by atoms with Crippen molar-refractivity contribution in [1.29, 1.82) is 0 Å². The van der Waals surface area contributed by atoms with Gasteiger partial charge in [-0.3, -0.25) is 4.79 Å². The van der Waals surface area contributed by atoms with Crippen molar-refractivity contribution >= 4 is 27.8 Å². The van der Waals surface area contributed by atoms with Crippen LogP contribution >= 0.6 is 11.6 Å². The zero-order chi connectivity index (χ0) is 19.3. The minimum absolute atomic E-state index is 0.128. The molecule has 2 heterocycles. The van der Waals surface area contributed by atoms with Crippen molar-refractivity contribution in [3.63, 3.8) is 0 Å². The monoisotopic (exact) mass is 405 g/mol. The van der Waals surface area contributed by atoms with Crippen LogP contribution in [-0.2, 0) is 19.7 Å². The number of piperidine rings is 1. The van der Waals surface area contributed by atoms with E-state index in [0.29, 0.717) is 36.8 Å². The Morgan fingerprint density at radius 2 is 2.00 bits per heavy atom. The van der Waals surface area contributed by atoms with Gasteiger partial charge in [-0.1, -0.05) is 25.4 Å². The van der Waals surface area contributed by atoms with Gasteiger partial charge in [-0.15, -0.1) is 0 Å². The summed E-state index contributed by atoms with van der Waals surface area (Å²) >= 11 is 5.79. The highest BCUT2D eigenvalue weighted by Crippen LogP contribution is 2.20. The van der Waals surface area contributed by atoms with Gasteiger partial charge in [0.2, 0.25) is 5.88 Å². The maximum atomic E-state index is 12.6. The Kier molecular flexibility index (Phi) is 7.22. The van der Waals surface area contributed by atoms with Crippen LogP contribution in [0.3, 0.4) is 0 Å². The molecule has 0 aliphatic carbocycles. The molecule has 1 aliphatic rings. The summed E-state index contributed by atoms with van der Waals surface area (Å²) in [5.74, 6) is -0.371. The van der Waals surface area contributed by atoms with Gasteiger partial charge in [-0.2, -0.15) is 17.4 Å². The first-order chi connectivity index (χ1) is 12.2. The smallest absolute Gasteiger partial charge is 0.324 e. The van der Waals surface area contributed by atoms with Crippen molar-refractivity contribution in [2.75, 3.05) is 20.2 Å².